The molecule has 1 aromatic heterocycles. The summed E-state index contributed by atoms with van der Waals surface area (Å²) in [7, 11) is 0. The Bertz CT molecular complexity index is 377. The molecule has 2 heterocycles. The van der Waals surface area contributed by atoms with E-state index in [4.69, 9.17) is 9.84 Å². The van der Waals surface area contributed by atoms with Crippen LogP contribution < -0.4 is 5.32 Å². The first-order valence-corrected chi connectivity index (χ1v) is 5.16. The topological polar surface area (TPSA) is 71.5 Å². The van der Waals surface area contributed by atoms with Crippen LogP contribution in [-0.2, 0) is 9.53 Å². The van der Waals surface area contributed by atoms with Crippen molar-refractivity contribution in [3.63, 3.8) is 0 Å². The molecule has 0 amide bonds. The molecule has 2 unspecified atom stereocenters. The molecule has 1 fully saturated rings. The van der Waals surface area contributed by atoms with Crippen molar-refractivity contribution >= 4 is 11.8 Å². The largest absolute Gasteiger partial charge is 0.481 e. The predicted octanol–water partition coefficient (Wildman–Crippen LogP) is 0.902. The van der Waals surface area contributed by atoms with Crippen molar-refractivity contribution in [1.29, 1.82) is 0 Å². The highest BCUT2D eigenvalue weighted by atomic mass is 16.5. The molecule has 0 bridgehead atoms. The fourth-order valence-corrected chi connectivity index (χ4v) is 1.68. The lowest BCUT2D eigenvalue weighted by molar-refractivity contribution is -0.141. The van der Waals surface area contributed by atoms with Gasteiger partial charge >= 0.3 is 5.97 Å². The van der Waals surface area contributed by atoms with E-state index < -0.39 is 11.9 Å². The van der Waals surface area contributed by atoms with Gasteiger partial charge in [0.2, 0.25) is 0 Å². The fraction of sp³-hybridized carbons (Fsp3) is 0.455. The van der Waals surface area contributed by atoms with E-state index in [1.807, 2.05) is 19.1 Å². The van der Waals surface area contributed by atoms with Crippen molar-refractivity contribution in [3.05, 3.63) is 23.9 Å². The SMILES string of the molecule is Cc1ccc(NC2COCC2C(=O)O)nc1. The molecule has 1 aromatic rings. The smallest absolute Gasteiger partial charge is 0.311 e. The predicted molar refractivity (Wildman–Crippen MR) is 58.3 cm³/mol. The fourth-order valence-electron chi connectivity index (χ4n) is 1.68. The number of carboxylic acids is 1. The number of aliphatic carboxylic acids is 1. The number of anilines is 1. The van der Waals surface area contributed by atoms with Crippen LogP contribution in [0, 0.1) is 12.8 Å². The summed E-state index contributed by atoms with van der Waals surface area (Å²) in [4.78, 5) is 15.1. The van der Waals surface area contributed by atoms with Gasteiger partial charge in [0.15, 0.2) is 0 Å². The second-order valence-electron chi connectivity index (χ2n) is 3.95. The Kier molecular flexibility index (Phi) is 3.05. The van der Waals surface area contributed by atoms with Gasteiger partial charge in [0.25, 0.3) is 0 Å². The van der Waals surface area contributed by atoms with Crippen LogP contribution in [0.4, 0.5) is 5.82 Å². The third-order valence-corrected chi connectivity index (χ3v) is 2.64. The number of rotatable bonds is 3. The number of aromatic nitrogens is 1. The first-order valence-electron chi connectivity index (χ1n) is 5.16. The average Bonchev–Trinajstić information content (AvgIpc) is 2.69. The maximum atomic E-state index is 10.9. The van der Waals surface area contributed by atoms with Crippen molar-refractivity contribution in [3.8, 4) is 0 Å². The van der Waals surface area contributed by atoms with E-state index in [-0.39, 0.29) is 12.6 Å². The van der Waals surface area contributed by atoms with Crippen molar-refractivity contribution in [2.24, 2.45) is 5.92 Å². The monoisotopic (exact) mass is 222 g/mol. The Morgan fingerprint density at radius 3 is 3.00 bits per heavy atom. The number of carbonyl (C=O) groups is 1. The number of nitrogens with one attached hydrogen (secondary N) is 1. The van der Waals surface area contributed by atoms with Gasteiger partial charge in [-0.1, -0.05) is 6.07 Å². The van der Waals surface area contributed by atoms with Crippen LogP contribution in [-0.4, -0.2) is 35.3 Å². The molecule has 1 aliphatic rings. The van der Waals surface area contributed by atoms with Gasteiger partial charge in [-0.05, 0) is 18.6 Å². The molecule has 5 nitrogen and oxygen atoms in total. The Morgan fingerprint density at radius 2 is 2.38 bits per heavy atom. The summed E-state index contributed by atoms with van der Waals surface area (Å²) >= 11 is 0. The number of carboxylic acid groups (broad SMARTS) is 1. The zero-order valence-electron chi connectivity index (χ0n) is 9.01. The molecule has 0 aromatic carbocycles. The highest BCUT2D eigenvalue weighted by molar-refractivity contribution is 5.72. The number of hydrogen-bond donors (Lipinski definition) is 2. The zero-order valence-corrected chi connectivity index (χ0v) is 9.01. The van der Waals surface area contributed by atoms with E-state index in [1.165, 1.54) is 0 Å². The van der Waals surface area contributed by atoms with Crippen molar-refractivity contribution < 1.29 is 14.6 Å². The highest BCUT2D eigenvalue weighted by Crippen LogP contribution is 2.18. The van der Waals surface area contributed by atoms with Crippen LogP contribution in [0.5, 0.6) is 0 Å². The number of hydrogen-bond acceptors (Lipinski definition) is 4. The molecule has 1 aliphatic heterocycles. The van der Waals surface area contributed by atoms with Crippen LogP contribution in [0.1, 0.15) is 5.56 Å². The molecule has 1 saturated heterocycles. The van der Waals surface area contributed by atoms with Crippen LogP contribution in [0.15, 0.2) is 18.3 Å². The first kappa shape index (κ1) is 10.9. The van der Waals surface area contributed by atoms with Crippen LogP contribution in [0.2, 0.25) is 0 Å². The maximum absolute atomic E-state index is 10.9. The molecular formula is C11H14N2O3. The molecule has 2 rings (SSSR count). The molecule has 0 radical (unpaired) electrons. The zero-order chi connectivity index (χ0) is 11.5. The minimum Gasteiger partial charge on any atom is -0.481 e. The van der Waals surface area contributed by atoms with Crippen LogP contribution in [0.3, 0.4) is 0 Å². The summed E-state index contributed by atoms with van der Waals surface area (Å²) < 4.78 is 5.16. The summed E-state index contributed by atoms with van der Waals surface area (Å²) in [5, 5.41) is 12.0. The van der Waals surface area contributed by atoms with E-state index in [0.717, 1.165) is 5.56 Å². The van der Waals surface area contributed by atoms with Gasteiger partial charge in [0, 0.05) is 6.20 Å². The normalized spacial score (nSPS) is 24.3. The molecule has 0 aliphatic carbocycles. The summed E-state index contributed by atoms with van der Waals surface area (Å²) in [6.07, 6.45) is 1.74. The van der Waals surface area contributed by atoms with E-state index in [1.54, 1.807) is 6.20 Å². The second kappa shape index (κ2) is 4.49. The first-order chi connectivity index (χ1) is 7.66. The third kappa shape index (κ3) is 2.30. The van der Waals surface area contributed by atoms with Crippen molar-refractivity contribution in [1.82, 2.24) is 4.98 Å². The van der Waals surface area contributed by atoms with Gasteiger partial charge in [-0.3, -0.25) is 4.79 Å². The average molecular weight is 222 g/mol. The van der Waals surface area contributed by atoms with E-state index in [2.05, 4.69) is 10.3 Å². The standard InChI is InChI=1S/C11H14N2O3/c1-7-2-3-10(12-4-7)13-9-6-16-5-8(9)11(14)15/h2-4,8-9H,5-6H2,1H3,(H,12,13)(H,14,15). The van der Waals surface area contributed by atoms with Gasteiger partial charge in [-0.25, -0.2) is 4.98 Å². The Balaban J connectivity index is 2.03. The highest BCUT2D eigenvalue weighted by Gasteiger charge is 2.34. The Hall–Kier alpha value is -1.62. The lowest BCUT2D eigenvalue weighted by Gasteiger charge is -2.16. The molecule has 0 spiro atoms. The van der Waals surface area contributed by atoms with Gasteiger partial charge in [-0.2, -0.15) is 0 Å². The summed E-state index contributed by atoms with van der Waals surface area (Å²) in [5.41, 5.74) is 1.07. The number of nitrogens with zero attached hydrogens (tertiary/aromatic N) is 1. The number of pyridine rings is 1. The summed E-state index contributed by atoms with van der Waals surface area (Å²) in [6, 6.07) is 3.57. The summed E-state index contributed by atoms with van der Waals surface area (Å²) in [6.45, 7) is 2.63. The minimum absolute atomic E-state index is 0.201. The quantitative estimate of drug-likeness (QED) is 0.795. The molecule has 5 heteroatoms. The van der Waals surface area contributed by atoms with Crippen molar-refractivity contribution in [2.75, 3.05) is 18.5 Å². The third-order valence-electron chi connectivity index (χ3n) is 2.64. The summed E-state index contributed by atoms with van der Waals surface area (Å²) in [5.74, 6) is -0.641. The molecule has 2 N–H and O–H groups in total. The lowest BCUT2D eigenvalue weighted by atomic mass is 10.0. The number of aryl methyl sites for hydroxylation is 1. The maximum Gasteiger partial charge on any atom is 0.311 e. The van der Waals surface area contributed by atoms with Crippen LogP contribution >= 0.6 is 0 Å². The Labute approximate surface area is 93.5 Å². The van der Waals surface area contributed by atoms with Crippen molar-refractivity contribution in [2.45, 2.75) is 13.0 Å². The number of ether oxygens (including phenoxy) is 1. The van der Waals surface area contributed by atoms with Gasteiger partial charge in [0.05, 0.1) is 19.3 Å². The lowest BCUT2D eigenvalue weighted by Crippen LogP contribution is -2.33. The minimum atomic E-state index is -0.831. The Morgan fingerprint density at radius 1 is 1.56 bits per heavy atom. The van der Waals surface area contributed by atoms with Gasteiger partial charge in [-0.15, -0.1) is 0 Å². The van der Waals surface area contributed by atoms with Gasteiger partial charge in [0.1, 0.15) is 11.7 Å². The van der Waals surface area contributed by atoms with Gasteiger partial charge < -0.3 is 15.2 Å². The molecule has 0 saturated carbocycles. The molecule has 16 heavy (non-hydrogen) atoms. The van der Waals surface area contributed by atoms with E-state index >= 15 is 0 Å². The van der Waals surface area contributed by atoms with E-state index in [9.17, 15) is 4.79 Å². The van der Waals surface area contributed by atoms with Crippen LogP contribution in [0.25, 0.3) is 0 Å². The molecule has 2 atom stereocenters. The van der Waals surface area contributed by atoms with E-state index in [0.29, 0.717) is 12.4 Å². The molecular weight excluding hydrogens is 208 g/mol. The second-order valence-corrected chi connectivity index (χ2v) is 3.95. The molecule has 86 valence electrons.